The van der Waals surface area contributed by atoms with Crippen molar-refractivity contribution in [3.8, 4) is 5.75 Å². The normalized spacial score (nSPS) is 26.7. The molecule has 0 spiro atoms. The Morgan fingerprint density at radius 2 is 2.24 bits per heavy atom. The van der Waals surface area contributed by atoms with Crippen LogP contribution in [0.2, 0.25) is 0 Å². The van der Waals surface area contributed by atoms with E-state index in [2.05, 4.69) is 41.4 Å². The van der Waals surface area contributed by atoms with Crippen LogP contribution in [0.15, 0.2) is 24.3 Å². The van der Waals surface area contributed by atoms with E-state index in [1.807, 2.05) is 0 Å². The lowest BCUT2D eigenvalue weighted by Crippen LogP contribution is -2.39. The highest BCUT2D eigenvalue weighted by molar-refractivity contribution is 5.37. The molecule has 21 heavy (non-hydrogen) atoms. The van der Waals surface area contributed by atoms with Gasteiger partial charge in [-0.05, 0) is 44.0 Å². The van der Waals surface area contributed by atoms with E-state index in [9.17, 15) is 0 Å². The number of hydrogen-bond acceptors (Lipinski definition) is 3. The van der Waals surface area contributed by atoms with E-state index in [0.29, 0.717) is 12.0 Å². The second kappa shape index (κ2) is 7.28. The lowest BCUT2D eigenvalue weighted by atomic mass is 9.92. The number of para-hydroxylation sites is 1. The Bertz CT molecular complexity index is 449. The summed E-state index contributed by atoms with van der Waals surface area (Å²) in [5.74, 6) is 1.74. The van der Waals surface area contributed by atoms with Crippen LogP contribution in [0.3, 0.4) is 0 Å². The zero-order valence-corrected chi connectivity index (χ0v) is 13.2. The summed E-state index contributed by atoms with van der Waals surface area (Å²) in [4.78, 5) is 2.67. The van der Waals surface area contributed by atoms with Crippen LogP contribution in [0, 0.1) is 0 Å². The number of hydrogen-bond donors (Lipinski definition) is 1. The summed E-state index contributed by atoms with van der Waals surface area (Å²) in [7, 11) is 0. The monoisotopic (exact) mass is 288 g/mol. The van der Waals surface area contributed by atoms with Gasteiger partial charge in [-0.3, -0.25) is 0 Å². The number of fused-ring (bicyclic) bond motifs is 1. The molecule has 116 valence electrons. The fraction of sp³-hybridized carbons (Fsp3) is 0.667. The van der Waals surface area contributed by atoms with E-state index in [1.54, 1.807) is 0 Å². The van der Waals surface area contributed by atoms with Gasteiger partial charge in [0.2, 0.25) is 0 Å². The Kier molecular flexibility index (Phi) is 5.15. The van der Waals surface area contributed by atoms with Crippen molar-refractivity contribution in [1.29, 1.82) is 0 Å². The molecule has 0 bridgehead atoms. The minimum atomic E-state index is 0.635. The first-order chi connectivity index (χ1) is 10.4. The highest BCUT2D eigenvalue weighted by Crippen LogP contribution is 2.34. The molecule has 3 heteroatoms. The standard InChI is InChI=1S/C18H28N2O/c1-2-6-16-14-20(11-5-10-19-16)13-15-9-12-21-18-8-4-3-7-17(15)18/h3-4,7-8,15-16,19H,2,5-6,9-14H2,1H3. The third-order valence-electron chi connectivity index (χ3n) is 4.76. The second-order valence-corrected chi connectivity index (χ2v) is 6.42. The van der Waals surface area contributed by atoms with Crippen LogP contribution in [0.1, 0.15) is 44.1 Å². The molecule has 0 aromatic heterocycles. The molecule has 0 radical (unpaired) electrons. The van der Waals surface area contributed by atoms with Gasteiger partial charge in [0.1, 0.15) is 5.75 Å². The highest BCUT2D eigenvalue weighted by Gasteiger charge is 2.25. The van der Waals surface area contributed by atoms with Gasteiger partial charge in [-0.15, -0.1) is 0 Å². The number of ether oxygens (including phenoxy) is 1. The Hall–Kier alpha value is -1.06. The van der Waals surface area contributed by atoms with Gasteiger partial charge in [-0.1, -0.05) is 31.5 Å². The quantitative estimate of drug-likeness (QED) is 0.921. The molecule has 1 fully saturated rings. The van der Waals surface area contributed by atoms with E-state index in [1.165, 1.54) is 51.0 Å². The first-order valence-electron chi connectivity index (χ1n) is 8.54. The Morgan fingerprint density at radius 1 is 1.33 bits per heavy atom. The van der Waals surface area contributed by atoms with E-state index in [-0.39, 0.29) is 0 Å². The molecule has 3 rings (SSSR count). The zero-order valence-electron chi connectivity index (χ0n) is 13.2. The summed E-state index contributed by atoms with van der Waals surface area (Å²) in [5, 5.41) is 3.70. The highest BCUT2D eigenvalue weighted by atomic mass is 16.5. The van der Waals surface area contributed by atoms with Crippen molar-refractivity contribution < 1.29 is 4.74 Å². The van der Waals surface area contributed by atoms with Crippen LogP contribution in [-0.4, -0.2) is 43.7 Å². The molecule has 3 nitrogen and oxygen atoms in total. The molecule has 0 aliphatic carbocycles. The van der Waals surface area contributed by atoms with E-state index in [0.717, 1.165) is 18.8 Å². The summed E-state index contributed by atoms with van der Waals surface area (Å²) in [6, 6.07) is 9.26. The summed E-state index contributed by atoms with van der Waals surface area (Å²) in [5.41, 5.74) is 1.41. The minimum Gasteiger partial charge on any atom is -0.493 e. The Labute approximate surface area is 128 Å². The van der Waals surface area contributed by atoms with Crippen LogP contribution in [0.25, 0.3) is 0 Å². The predicted octanol–water partition coefficient (Wildman–Crippen LogP) is 3.02. The maximum absolute atomic E-state index is 5.80. The molecule has 1 aromatic carbocycles. The van der Waals surface area contributed by atoms with Gasteiger partial charge < -0.3 is 15.0 Å². The van der Waals surface area contributed by atoms with Crippen LogP contribution < -0.4 is 10.1 Å². The number of benzene rings is 1. The van der Waals surface area contributed by atoms with Crippen LogP contribution >= 0.6 is 0 Å². The first kappa shape index (κ1) is 14.9. The number of rotatable bonds is 4. The van der Waals surface area contributed by atoms with Gasteiger partial charge in [0, 0.05) is 25.0 Å². The van der Waals surface area contributed by atoms with Gasteiger partial charge in [0.15, 0.2) is 0 Å². The molecule has 2 aliphatic heterocycles. The lowest BCUT2D eigenvalue weighted by molar-refractivity contribution is 0.206. The summed E-state index contributed by atoms with van der Waals surface area (Å²) in [6.45, 7) is 7.94. The summed E-state index contributed by atoms with van der Waals surface area (Å²) in [6.07, 6.45) is 4.98. The van der Waals surface area contributed by atoms with Crippen molar-refractivity contribution in [2.75, 3.05) is 32.8 Å². The molecule has 2 atom stereocenters. The molecule has 0 amide bonds. The maximum Gasteiger partial charge on any atom is 0.122 e. The topological polar surface area (TPSA) is 24.5 Å². The fourth-order valence-electron chi connectivity index (χ4n) is 3.70. The van der Waals surface area contributed by atoms with Crippen molar-refractivity contribution in [1.82, 2.24) is 10.2 Å². The molecule has 0 saturated carbocycles. The molecular weight excluding hydrogens is 260 g/mol. The van der Waals surface area contributed by atoms with Crippen molar-refractivity contribution in [3.63, 3.8) is 0 Å². The molecule has 2 heterocycles. The first-order valence-corrected chi connectivity index (χ1v) is 8.54. The van der Waals surface area contributed by atoms with Crippen molar-refractivity contribution >= 4 is 0 Å². The molecule has 2 unspecified atom stereocenters. The van der Waals surface area contributed by atoms with Gasteiger partial charge in [-0.25, -0.2) is 0 Å². The third kappa shape index (κ3) is 3.78. The molecule has 1 N–H and O–H groups in total. The predicted molar refractivity (Wildman–Crippen MR) is 87.1 cm³/mol. The average Bonchev–Trinajstić information content (AvgIpc) is 2.73. The van der Waals surface area contributed by atoms with E-state index in [4.69, 9.17) is 4.74 Å². The zero-order chi connectivity index (χ0) is 14.5. The Morgan fingerprint density at radius 3 is 3.14 bits per heavy atom. The lowest BCUT2D eigenvalue weighted by Gasteiger charge is -2.32. The van der Waals surface area contributed by atoms with E-state index >= 15 is 0 Å². The van der Waals surface area contributed by atoms with Gasteiger partial charge in [0.05, 0.1) is 6.61 Å². The molecule has 2 aliphatic rings. The average molecular weight is 288 g/mol. The third-order valence-corrected chi connectivity index (χ3v) is 4.76. The van der Waals surface area contributed by atoms with E-state index < -0.39 is 0 Å². The largest absolute Gasteiger partial charge is 0.493 e. The summed E-state index contributed by atoms with van der Waals surface area (Å²) >= 11 is 0. The van der Waals surface area contributed by atoms with Crippen LogP contribution in [0.5, 0.6) is 5.75 Å². The number of nitrogens with one attached hydrogen (secondary N) is 1. The van der Waals surface area contributed by atoms with Gasteiger partial charge >= 0.3 is 0 Å². The van der Waals surface area contributed by atoms with Crippen LogP contribution in [0.4, 0.5) is 0 Å². The fourth-order valence-corrected chi connectivity index (χ4v) is 3.70. The summed E-state index contributed by atoms with van der Waals surface area (Å²) < 4.78 is 5.80. The smallest absolute Gasteiger partial charge is 0.122 e. The van der Waals surface area contributed by atoms with Crippen molar-refractivity contribution in [2.45, 2.75) is 44.6 Å². The van der Waals surface area contributed by atoms with Gasteiger partial charge in [-0.2, -0.15) is 0 Å². The molecular formula is C18H28N2O. The van der Waals surface area contributed by atoms with Crippen molar-refractivity contribution in [2.24, 2.45) is 0 Å². The van der Waals surface area contributed by atoms with Gasteiger partial charge in [0.25, 0.3) is 0 Å². The number of nitrogens with zero attached hydrogens (tertiary/aromatic N) is 1. The maximum atomic E-state index is 5.80. The Balaban J connectivity index is 1.65. The SMILES string of the molecule is CCCC1CN(CC2CCOc3ccccc32)CCCN1. The second-order valence-electron chi connectivity index (χ2n) is 6.42. The van der Waals surface area contributed by atoms with Crippen LogP contribution in [-0.2, 0) is 0 Å². The van der Waals surface area contributed by atoms with Crippen molar-refractivity contribution in [3.05, 3.63) is 29.8 Å². The minimum absolute atomic E-state index is 0.635. The molecule has 1 aromatic rings. The molecule has 1 saturated heterocycles.